The first-order valence-corrected chi connectivity index (χ1v) is 5.86. The van der Waals surface area contributed by atoms with E-state index in [1.165, 1.54) is 23.2 Å². The van der Waals surface area contributed by atoms with Gasteiger partial charge in [0.25, 0.3) is 0 Å². The Morgan fingerprint density at radius 2 is 2.00 bits per heavy atom. The van der Waals surface area contributed by atoms with E-state index in [2.05, 4.69) is 35.2 Å². The number of hydrogen-bond donors (Lipinski definition) is 1. The first-order chi connectivity index (χ1) is 7.84. The Morgan fingerprint density at radius 1 is 1.19 bits per heavy atom. The maximum absolute atomic E-state index is 6.11. The molecule has 1 unspecified atom stereocenters. The van der Waals surface area contributed by atoms with Crippen LogP contribution in [0.5, 0.6) is 0 Å². The molecule has 2 N–H and O–H groups in total. The predicted molar refractivity (Wildman–Crippen MR) is 65.6 cm³/mol. The molecule has 3 rings (SSSR count). The fourth-order valence-electron chi connectivity index (χ4n) is 2.51. The van der Waals surface area contributed by atoms with E-state index in [4.69, 9.17) is 5.73 Å². The zero-order chi connectivity index (χ0) is 11.0. The quantitative estimate of drug-likeness (QED) is 0.774. The number of hydrogen-bond acceptors (Lipinski definition) is 1. The highest BCUT2D eigenvalue weighted by Gasteiger charge is 2.16. The molecule has 0 saturated heterocycles. The third-order valence-electron chi connectivity index (χ3n) is 3.39. The van der Waals surface area contributed by atoms with Crippen molar-refractivity contribution in [2.24, 2.45) is 5.73 Å². The van der Waals surface area contributed by atoms with Crippen LogP contribution in [-0.4, -0.2) is 4.57 Å². The molecule has 1 aliphatic rings. The van der Waals surface area contributed by atoms with E-state index in [0.717, 1.165) is 12.8 Å². The molecule has 0 amide bonds. The van der Waals surface area contributed by atoms with Gasteiger partial charge >= 0.3 is 0 Å². The molecular weight excluding hydrogens is 196 g/mol. The maximum atomic E-state index is 6.11. The molecule has 2 aromatic rings. The van der Waals surface area contributed by atoms with Crippen molar-refractivity contribution < 1.29 is 0 Å². The summed E-state index contributed by atoms with van der Waals surface area (Å²) >= 11 is 0. The standard InChI is InChI=1S/C14H16N2/c15-14-5-3-4-11-10-12(6-7-13(11)14)16-8-1-2-9-16/h1-2,6-10,14H,3-5,15H2. The largest absolute Gasteiger partial charge is 0.324 e. The van der Waals surface area contributed by atoms with Crippen molar-refractivity contribution >= 4 is 0 Å². The molecule has 0 bridgehead atoms. The second-order valence-corrected chi connectivity index (χ2v) is 4.47. The third kappa shape index (κ3) is 1.55. The summed E-state index contributed by atoms with van der Waals surface area (Å²) in [5.41, 5.74) is 10.1. The molecule has 0 radical (unpaired) electrons. The minimum Gasteiger partial charge on any atom is -0.324 e. The summed E-state index contributed by atoms with van der Waals surface area (Å²) < 4.78 is 2.14. The number of nitrogens with two attached hydrogens (primary N) is 1. The van der Waals surface area contributed by atoms with Crippen molar-refractivity contribution in [2.75, 3.05) is 0 Å². The van der Waals surface area contributed by atoms with Crippen LogP contribution in [0.25, 0.3) is 5.69 Å². The van der Waals surface area contributed by atoms with Crippen LogP contribution >= 0.6 is 0 Å². The van der Waals surface area contributed by atoms with E-state index in [1.807, 2.05) is 12.1 Å². The lowest BCUT2D eigenvalue weighted by atomic mass is 9.88. The number of benzene rings is 1. The molecular formula is C14H16N2. The van der Waals surface area contributed by atoms with Crippen LogP contribution in [0.4, 0.5) is 0 Å². The van der Waals surface area contributed by atoms with Crippen LogP contribution in [-0.2, 0) is 6.42 Å². The molecule has 16 heavy (non-hydrogen) atoms. The van der Waals surface area contributed by atoms with Gasteiger partial charge in [-0.3, -0.25) is 0 Å². The molecule has 0 fully saturated rings. The Bertz CT molecular complexity index is 485. The molecule has 1 atom stereocenters. The van der Waals surface area contributed by atoms with Gasteiger partial charge in [-0.15, -0.1) is 0 Å². The SMILES string of the molecule is NC1CCCc2cc(-n3cccc3)ccc21. The van der Waals surface area contributed by atoms with Crippen LogP contribution in [0.3, 0.4) is 0 Å². The summed E-state index contributed by atoms with van der Waals surface area (Å²) in [5, 5.41) is 0. The molecule has 1 aromatic heterocycles. The summed E-state index contributed by atoms with van der Waals surface area (Å²) in [6, 6.07) is 10.9. The van der Waals surface area contributed by atoms with Crippen LogP contribution in [0.15, 0.2) is 42.7 Å². The van der Waals surface area contributed by atoms with E-state index in [-0.39, 0.29) is 6.04 Å². The first kappa shape index (κ1) is 9.67. The highest BCUT2D eigenvalue weighted by Crippen LogP contribution is 2.29. The molecule has 0 spiro atoms. The minimum absolute atomic E-state index is 0.238. The van der Waals surface area contributed by atoms with Gasteiger partial charge in [0, 0.05) is 24.1 Å². The third-order valence-corrected chi connectivity index (χ3v) is 3.39. The van der Waals surface area contributed by atoms with E-state index >= 15 is 0 Å². The van der Waals surface area contributed by atoms with Gasteiger partial charge < -0.3 is 10.3 Å². The van der Waals surface area contributed by atoms with Crippen LogP contribution in [0.1, 0.15) is 30.0 Å². The minimum atomic E-state index is 0.238. The van der Waals surface area contributed by atoms with Crippen molar-refractivity contribution in [1.82, 2.24) is 4.57 Å². The Kier molecular flexibility index (Phi) is 2.29. The molecule has 1 heterocycles. The van der Waals surface area contributed by atoms with Crippen LogP contribution in [0.2, 0.25) is 0 Å². The van der Waals surface area contributed by atoms with Crippen LogP contribution in [0, 0.1) is 0 Å². The number of nitrogens with zero attached hydrogens (tertiary/aromatic N) is 1. The lowest BCUT2D eigenvalue weighted by molar-refractivity contribution is 0.570. The van der Waals surface area contributed by atoms with Crippen molar-refractivity contribution in [1.29, 1.82) is 0 Å². The number of aryl methyl sites for hydroxylation is 1. The highest BCUT2D eigenvalue weighted by molar-refractivity contribution is 5.43. The zero-order valence-corrected chi connectivity index (χ0v) is 9.26. The Hall–Kier alpha value is -1.54. The normalized spacial score (nSPS) is 19.4. The smallest absolute Gasteiger partial charge is 0.0452 e. The molecule has 2 heteroatoms. The Balaban J connectivity index is 2.05. The first-order valence-electron chi connectivity index (χ1n) is 5.86. The van der Waals surface area contributed by atoms with Gasteiger partial charge in [0.2, 0.25) is 0 Å². The lowest BCUT2D eigenvalue weighted by Gasteiger charge is -2.22. The summed E-state index contributed by atoms with van der Waals surface area (Å²) in [4.78, 5) is 0. The highest BCUT2D eigenvalue weighted by atomic mass is 14.9. The molecule has 1 aliphatic carbocycles. The Morgan fingerprint density at radius 3 is 2.81 bits per heavy atom. The van der Waals surface area contributed by atoms with Gasteiger partial charge in [0.1, 0.15) is 0 Å². The molecule has 2 nitrogen and oxygen atoms in total. The number of aromatic nitrogens is 1. The van der Waals surface area contributed by atoms with E-state index < -0.39 is 0 Å². The Labute approximate surface area is 95.7 Å². The maximum Gasteiger partial charge on any atom is 0.0452 e. The van der Waals surface area contributed by atoms with E-state index in [1.54, 1.807) is 0 Å². The van der Waals surface area contributed by atoms with Crippen molar-refractivity contribution in [3.8, 4) is 5.69 Å². The van der Waals surface area contributed by atoms with Gasteiger partial charge in [0.05, 0.1) is 0 Å². The fraction of sp³-hybridized carbons (Fsp3) is 0.286. The van der Waals surface area contributed by atoms with E-state index in [9.17, 15) is 0 Å². The van der Waals surface area contributed by atoms with Gasteiger partial charge in [-0.25, -0.2) is 0 Å². The second kappa shape index (κ2) is 3.80. The molecule has 0 saturated carbocycles. The monoisotopic (exact) mass is 212 g/mol. The second-order valence-electron chi connectivity index (χ2n) is 4.47. The van der Waals surface area contributed by atoms with Crippen molar-refractivity contribution in [3.05, 3.63) is 53.9 Å². The molecule has 1 aromatic carbocycles. The van der Waals surface area contributed by atoms with Gasteiger partial charge in [-0.2, -0.15) is 0 Å². The van der Waals surface area contributed by atoms with Gasteiger partial charge in [-0.05, 0) is 54.7 Å². The topological polar surface area (TPSA) is 30.9 Å². The lowest BCUT2D eigenvalue weighted by Crippen LogP contribution is -2.17. The summed E-state index contributed by atoms with van der Waals surface area (Å²) in [5.74, 6) is 0. The van der Waals surface area contributed by atoms with Crippen molar-refractivity contribution in [3.63, 3.8) is 0 Å². The average molecular weight is 212 g/mol. The number of fused-ring (bicyclic) bond motifs is 1. The van der Waals surface area contributed by atoms with E-state index in [0.29, 0.717) is 0 Å². The van der Waals surface area contributed by atoms with Gasteiger partial charge in [0.15, 0.2) is 0 Å². The predicted octanol–water partition coefficient (Wildman–Crippen LogP) is 2.81. The fourth-order valence-corrected chi connectivity index (χ4v) is 2.51. The summed E-state index contributed by atoms with van der Waals surface area (Å²) in [7, 11) is 0. The van der Waals surface area contributed by atoms with Crippen molar-refractivity contribution in [2.45, 2.75) is 25.3 Å². The summed E-state index contributed by atoms with van der Waals surface area (Å²) in [6.07, 6.45) is 7.65. The van der Waals surface area contributed by atoms with Crippen LogP contribution < -0.4 is 5.73 Å². The van der Waals surface area contributed by atoms with Gasteiger partial charge in [-0.1, -0.05) is 6.07 Å². The average Bonchev–Trinajstić information content (AvgIpc) is 2.82. The molecule has 82 valence electrons. The zero-order valence-electron chi connectivity index (χ0n) is 9.26. The number of rotatable bonds is 1. The molecule has 0 aliphatic heterocycles. The summed E-state index contributed by atoms with van der Waals surface area (Å²) in [6.45, 7) is 0.